The normalized spacial score (nSPS) is 11.9. The summed E-state index contributed by atoms with van der Waals surface area (Å²) in [5.41, 5.74) is 3.32. The van der Waals surface area contributed by atoms with Crippen LogP contribution in [0.3, 0.4) is 0 Å². The smallest absolute Gasteiger partial charge is 0.270 e. The van der Waals surface area contributed by atoms with Gasteiger partial charge in [0.25, 0.3) is 15.7 Å². The Morgan fingerprint density at radius 1 is 1.23 bits per heavy atom. The van der Waals surface area contributed by atoms with Gasteiger partial charge in [-0.2, -0.15) is 5.10 Å². The Kier molecular flexibility index (Phi) is 6.17. The molecular weight excluding hydrogens is 380 g/mol. The Bertz CT molecular complexity index is 960. The number of hydrogen-bond donors (Lipinski definition) is 2. The van der Waals surface area contributed by atoms with Crippen LogP contribution < -0.4 is 10.1 Å². The van der Waals surface area contributed by atoms with Crippen molar-refractivity contribution in [3.8, 4) is 0 Å². The van der Waals surface area contributed by atoms with Crippen LogP contribution in [0.2, 0.25) is 5.02 Å². The zero-order chi connectivity index (χ0) is 19.3. The zero-order valence-electron chi connectivity index (χ0n) is 14.1. The molecule has 0 spiro atoms. The van der Waals surface area contributed by atoms with E-state index in [1.165, 1.54) is 24.3 Å². The average Bonchev–Trinajstić information content (AvgIpc) is 2.61. The van der Waals surface area contributed by atoms with Crippen molar-refractivity contribution in [2.24, 2.45) is 5.10 Å². The summed E-state index contributed by atoms with van der Waals surface area (Å²) in [6, 6.07) is 9.76. The van der Waals surface area contributed by atoms with Gasteiger partial charge in [0.2, 0.25) is 0 Å². The van der Waals surface area contributed by atoms with Gasteiger partial charge >= 0.3 is 0 Å². The van der Waals surface area contributed by atoms with Crippen LogP contribution in [0.5, 0.6) is 0 Å². The number of anilines is 2. The molecule has 0 saturated heterocycles. The molecule has 26 heavy (non-hydrogen) atoms. The van der Waals surface area contributed by atoms with Crippen LogP contribution in [0.4, 0.5) is 17.1 Å². The number of sulfonamides is 1. The van der Waals surface area contributed by atoms with Crippen molar-refractivity contribution in [2.75, 3.05) is 10.1 Å². The SMILES string of the molecule is CC/C(C)=N\Nc1ccc([N+](=O)[O-])cc1S(=O)(=O)Nc1ccccc1Cl. The van der Waals surface area contributed by atoms with Crippen molar-refractivity contribution < 1.29 is 13.3 Å². The molecule has 138 valence electrons. The standard InChI is InChI=1S/C16H17ClN4O4S/c1-3-11(2)18-19-15-9-8-12(21(22)23)10-16(15)26(24,25)20-14-7-5-4-6-13(14)17/h4-10,19-20H,3H2,1-2H3/b18-11-. The van der Waals surface area contributed by atoms with Gasteiger partial charge in [0.05, 0.1) is 21.3 Å². The number of hydrazone groups is 1. The lowest BCUT2D eigenvalue weighted by Gasteiger charge is -2.13. The minimum absolute atomic E-state index is 0.114. The summed E-state index contributed by atoms with van der Waals surface area (Å²) in [5, 5.41) is 15.3. The molecule has 2 aromatic carbocycles. The lowest BCUT2D eigenvalue weighted by atomic mass is 10.3. The number of halogens is 1. The van der Waals surface area contributed by atoms with Gasteiger partial charge < -0.3 is 0 Å². The fraction of sp³-hybridized carbons (Fsp3) is 0.188. The number of rotatable bonds is 7. The molecular formula is C16H17ClN4O4S. The Balaban J connectivity index is 2.51. The van der Waals surface area contributed by atoms with E-state index in [0.717, 1.165) is 11.8 Å². The van der Waals surface area contributed by atoms with Gasteiger partial charge in [0.15, 0.2) is 0 Å². The quantitative estimate of drug-likeness (QED) is 0.412. The summed E-state index contributed by atoms with van der Waals surface area (Å²) < 4.78 is 27.9. The highest BCUT2D eigenvalue weighted by Gasteiger charge is 2.23. The first-order valence-corrected chi connectivity index (χ1v) is 9.45. The first kappa shape index (κ1) is 19.7. The van der Waals surface area contributed by atoms with Crippen LogP contribution in [-0.2, 0) is 10.0 Å². The molecule has 2 N–H and O–H groups in total. The average molecular weight is 397 g/mol. The van der Waals surface area contributed by atoms with Crippen LogP contribution in [0.25, 0.3) is 0 Å². The van der Waals surface area contributed by atoms with Gasteiger partial charge in [-0.25, -0.2) is 8.42 Å². The van der Waals surface area contributed by atoms with E-state index in [0.29, 0.717) is 6.42 Å². The number of nitro groups is 1. The number of nitro benzene ring substituents is 1. The van der Waals surface area contributed by atoms with Crippen LogP contribution in [-0.4, -0.2) is 19.1 Å². The highest BCUT2D eigenvalue weighted by Crippen LogP contribution is 2.30. The molecule has 0 aliphatic rings. The number of nitrogens with one attached hydrogen (secondary N) is 2. The predicted molar refractivity (Wildman–Crippen MR) is 102 cm³/mol. The molecule has 0 unspecified atom stereocenters. The third-order valence-electron chi connectivity index (χ3n) is 3.46. The molecule has 8 nitrogen and oxygen atoms in total. The molecule has 0 aromatic heterocycles. The molecule has 0 bridgehead atoms. The fourth-order valence-corrected chi connectivity index (χ4v) is 3.41. The maximum absolute atomic E-state index is 12.8. The van der Waals surface area contributed by atoms with Gasteiger partial charge in [-0.1, -0.05) is 30.7 Å². The summed E-state index contributed by atoms with van der Waals surface area (Å²) in [4.78, 5) is 10.1. The molecule has 0 amide bonds. The molecule has 0 saturated carbocycles. The summed E-state index contributed by atoms with van der Waals surface area (Å²) in [7, 11) is -4.15. The van der Waals surface area contributed by atoms with Crippen molar-refractivity contribution >= 4 is 44.4 Å². The molecule has 2 aromatic rings. The molecule has 0 aliphatic carbocycles. The molecule has 0 fully saturated rings. The first-order valence-electron chi connectivity index (χ1n) is 7.59. The van der Waals surface area contributed by atoms with E-state index in [2.05, 4.69) is 15.2 Å². The molecule has 2 rings (SSSR count). The summed E-state index contributed by atoms with van der Waals surface area (Å²) in [6.45, 7) is 3.67. The van der Waals surface area contributed by atoms with Gasteiger partial charge in [-0.05, 0) is 31.5 Å². The Morgan fingerprint density at radius 3 is 2.54 bits per heavy atom. The Hall–Kier alpha value is -2.65. The second kappa shape index (κ2) is 8.15. The monoisotopic (exact) mass is 396 g/mol. The third kappa shape index (κ3) is 4.70. The maximum Gasteiger partial charge on any atom is 0.270 e. The van der Waals surface area contributed by atoms with E-state index < -0.39 is 14.9 Å². The van der Waals surface area contributed by atoms with Gasteiger partial charge in [0.1, 0.15) is 4.90 Å². The Morgan fingerprint density at radius 2 is 1.92 bits per heavy atom. The van der Waals surface area contributed by atoms with E-state index in [9.17, 15) is 18.5 Å². The largest absolute Gasteiger partial charge is 0.278 e. The van der Waals surface area contributed by atoms with Crippen molar-refractivity contribution in [2.45, 2.75) is 25.2 Å². The van der Waals surface area contributed by atoms with E-state index in [4.69, 9.17) is 11.6 Å². The number of non-ortho nitro benzene ring substituents is 1. The van der Waals surface area contributed by atoms with E-state index in [1.54, 1.807) is 19.1 Å². The van der Waals surface area contributed by atoms with Crippen LogP contribution in [0.1, 0.15) is 20.3 Å². The number of para-hydroxylation sites is 1. The second-order valence-corrected chi connectivity index (χ2v) is 7.39. The second-order valence-electron chi connectivity index (χ2n) is 5.34. The highest BCUT2D eigenvalue weighted by molar-refractivity contribution is 7.93. The van der Waals surface area contributed by atoms with Crippen LogP contribution in [0, 0.1) is 10.1 Å². The van der Waals surface area contributed by atoms with E-state index in [-0.39, 0.29) is 27.0 Å². The molecule has 0 heterocycles. The number of nitrogens with zero attached hydrogens (tertiary/aromatic N) is 2. The lowest BCUT2D eigenvalue weighted by Crippen LogP contribution is -2.15. The lowest BCUT2D eigenvalue weighted by molar-refractivity contribution is -0.385. The third-order valence-corrected chi connectivity index (χ3v) is 5.20. The highest BCUT2D eigenvalue weighted by atomic mass is 35.5. The van der Waals surface area contributed by atoms with Crippen molar-refractivity contribution in [1.82, 2.24) is 0 Å². The number of hydrogen-bond acceptors (Lipinski definition) is 6. The van der Waals surface area contributed by atoms with E-state index >= 15 is 0 Å². The molecule has 0 atom stereocenters. The minimum Gasteiger partial charge on any atom is -0.278 e. The van der Waals surface area contributed by atoms with Gasteiger partial charge in [-0.15, -0.1) is 0 Å². The summed E-state index contributed by atoms with van der Waals surface area (Å²) in [6.07, 6.45) is 0.667. The van der Waals surface area contributed by atoms with Crippen LogP contribution in [0.15, 0.2) is 52.5 Å². The zero-order valence-corrected chi connectivity index (χ0v) is 15.6. The topological polar surface area (TPSA) is 114 Å². The fourth-order valence-electron chi connectivity index (χ4n) is 1.92. The van der Waals surface area contributed by atoms with Crippen molar-refractivity contribution in [3.63, 3.8) is 0 Å². The van der Waals surface area contributed by atoms with Crippen molar-refractivity contribution in [1.29, 1.82) is 0 Å². The van der Waals surface area contributed by atoms with Gasteiger partial charge in [-0.3, -0.25) is 20.3 Å². The van der Waals surface area contributed by atoms with Crippen LogP contribution >= 0.6 is 11.6 Å². The Labute approximate surface area is 156 Å². The first-order chi connectivity index (χ1) is 12.2. The summed E-state index contributed by atoms with van der Waals surface area (Å²) >= 11 is 5.99. The molecule has 0 radical (unpaired) electrons. The molecule has 10 heteroatoms. The summed E-state index contributed by atoms with van der Waals surface area (Å²) in [5.74, 6) is 0. The predicted octanol–water partition coefficient (Wildman–Crippen LogP) is 4.25. The minimum atomic E-state index is -4.15. The maximum atomic E-state index is 12.8. The van der Waals surface area contributed by atoms with Crippen molar-refractivity contribution in [3.05, 3.63) is 57.6 Å². The number of benzene rings is 2. The molecule has 0 aliphatic heterocycles. The van der Waals surface area contributed by atoms with Gasteiger partial charge in [0, 0.05) is 17.8 Å². The van der Waals surface area contributed by atoms with E-state index in [1.807, 2.05) is 6.92 Å².